The van der Waals surface area contributed by atoms with Crippen molar-refractivity contribution >= 4 is 33.2 Å². The summed E-state index contributed by atoms with van der Waals surface area (Å²) in [4.78, 5) is 11.5. The van der Waals surface area contributed by atoms with Crippen molar-refractivity contribution in [3.8, 4) is 5.88 Å². The van der Waals surface area contributed by atoms with Crippen LogP contribution in [0.4, 0.5) is 11.5 Å². The van der Waals surface area contributed by atoms with Crippen LogP contribution in [0.1, 0.15) is 13.8 Å². The van der Waals surface area contributed by atoms with Gasteiger partial charge in [0, 0.05) is 48.0 Å². The number of benzene rings is 1. The minimum absolute atomic E-state index is 0.341. The lowest BCUT2D eigenvalue weighted by molar-refractivity contribution is 0.326. The van der Waals surface area contributed by atoms with Gasteiger partial charge in [0.25, 0.3) is 0 Å². The Morgan fingerprint density at radius 1 is 1.32 bits per heavy atom. The van der Waals surface area contributed by atoms with E-state index < -0.39 is 0 Å². The highest BCUT2D eigenvalue weighted by Gasteiger charge is 2.26. The van der Waals surface area contributed by atoms with Gasteiger partial charge >= 0.3 is 0 Å². The van der Waals surface area contributed by atoms with Crippen LogP contribution in [0.5, 0.6) is 5.88 Å². The van der Waals surface area contributed by atoms with E-state index in [1.165, 1.54) is 0 Å². The number of nitrogen functional groups attached to an aromatic ring is 1. The summed E-state index contributed by atoms with van der Waals surface area (Å²) in [5.74, 6) is 1.07. The minimum atomic E-state index is 0.341. The van der Waals surface area contributed by atoms with Crippen LogP contribution in [0.2, 0.25) is 0 Å². The maximum absolute atomic E-state index is 6.25. The number of hydrogen-bond acceptors (Lipinski definition) is 6. The zero-order chi connectivity index (χ0) is 17.4. The average molecular weight is 337 g/mol. The van der Waals surface area contributed by atoms with E-state index in [1.807, 2.05) is 31.3 Å². The molecule has 1 atom stereocenters. The number of fused-ring (bicyclic) bond motifs is 3. The molecule has 1 aliphatic rings. The second-order valence-corrected chi connectivity index (χ2v) is 6.39. The molecule has 0 spiro atoms. The van der Waals surface area contributed by atoms with Crippen molar-refractivity contribution in [1.29, 1.82) is 0 Å². The molecule has 6 nitrogen and oxygen atoms in total. The number of hydrogen-bond donors (Lipinski definition) is 2. The van der Waals surface area contributed by atoms with E-state index in [1.54, 1.807) is 0 Å². The van der Waals surface area contributed by atoms with Gasteiger partial charge in [-0.1, -0.05) is 18.2 Å². The molecule has 3 N–H and O–H groups in total. The molecule has 1 aliphatic heterocycles. The van der Waals surface area contributed by atoms with Crippen molar-refractivity contribution in [1.82, 2.24) is 15.3 Å². The van der Waals surface area contributed by atoms with E-state index in [-0.39, 0.29) is 0 Å². The minimum Gasteiger partial charge on any atom is -0.476 e. The van der Waals surface area contributed by atoms with Gasteiger partial charge in [-0.25, -0.2) is 0 Å². The topological polar surface area (TPSA) is 76.3 Å². The van der Waals surface area contributed by atoms with Gasteiger partial charge < -0.3 is 20.7 Å². The van der Waals surface area contributed by atoms with E-state index in [9.17, 15) is 0 Å². The highest BCUT2D eigenvalue weighted by molar-refractivity contribution is 6.15. The van der Waals surface area contributed by atoms with Crippen molar-refractivity contribution in [3.63, 3.8) is 0 Å². The maximum atomic E-state index is 6.25. The molecule has 3 heterocycles. The van der Waals surface area contributed by atoms with Crippen molar-refractivity contribution in [2.24, 2.45) is 0 Å². The first-order chi connectivity index (χ1) is 12.2. The standard InChI is InChI=1S/C19H23N5O/c1-3-25-19-17(24-9-8-21-10-12(24)2)16-13-6-4-5-7-15(13)22-11-14(16)18(20)23-19/h4-7,11-12,21H,3,8-10H2,1-2H3,(H2,20,23). The first kappa shape index (κ1) is 15.9. The summed E-state index contributed by atoms with van der Waals surface area (Å²) in [7, 11) is 0. The summed E-state index contributed by atoms with van der Waals surface area (Å²) >= 11 is 0. The number of nitrogens with one attached hydrogen (secondary N) is 1. The normalized spacial score (nSPS) is 18.0. The molecule has 0 amide bonds. The zero-order valence-corrected chi connectivity index (χ0v) is 14.6. The van der Waals surface area contributed by atoms with Crippen LogP contribution in [0.25, 0.3) is 21.7 Å². The van der Waals surface area contributed by atoms with Gasteiger partial charge in [-0.15, -0.1) is 0 Å². The van der Waals surface area contributed by atoms with Crippen molar-refractivity contribution in [3.05, 3.63) is 30.5 Å². The van der Waals surface area contributed by atoms with Gasteiger partial charge in [0.05, 0.1) is 12.1 Å². The third-order valence-electron chi connectivity index (χ3n) is 4.78. The number of pyridine rings is 2. The van der Waals surface area contributed by atoms with Crippen LogP contribution in [0, 0.1) is 0 Å². The molecule has 0 radical (unpaired) electrons. The number of piperazine rings is 1. The fourth-order valence-electron chi connectivity index (χ4n) is 3.60. The quantitative estimate of drug-likeness (QED) is 0.716. The van der Waals surface area contributed by atoms with Gasteiger partial charge in [-0.2, -0.15) is 4.98 Å². The second-order valence-electron chi connectivity index (χ2n) is 6.39. The Hall–Kier alpha value is -2.60. The fourth-order valence-corrected chi connectivity index (χ4v) is 3.60. The number of ether oxygens (including phenoxy) is 1. The highest BCUT2D eigenvalue weighted by Crippen LogP contribution is 2.41. The zero-order valence-electron chi connectivity index (χ0n) is 14.6. The smallest absolute Gasteiger partial charge is 0.240 e. The lowest BCUT2D eigenvalue weighted by Crippen LogP contribution is -2.50. The lowest BCUT2D eigenvalue weighted by atomic mass is 10.0. The Morgan fingerprint density at radius 3 is 2.96 bits per heavy atom. The van der Waals surface area contributed by atoms with Gasteiger partial charge in [0.1, 0.15) is 11.5 Å². The molecule has 0 aliphatic carbocycles. The number of aromatic nitrogens is 2. The lowest BCUT2D eigenvalue weighted by Gasteiger charge is -2.37. The van der Waals surface area contributed by atoms with Gasteiger partial charge in [-0.05, 0) is 19.9 Å². The molecule has 4 rings (SSSR count). The van der Waals surface area contributed by atoms with Gasteiger partial charge in [-0.3, -0.25) is 4.98 Å². The second kappa shape index (κ2) is 6.37. The summed E-state index contributed by atoms with van der Waals surface area (Å²) in [6.07, 6.45) is 1.83. The first-order valence-electron chi connectivity index (χ1n) is 8.77. The van der Waals surface area contributed by atoms with E-state index >= 15 is 0 Å². The first-order valence-corrected chi connectivity index (χ1v) is 8.77. The SMILES string of the molecule is CCOc1nc(N)c2cnc3ccccc3c2c1N1CCNCC1C. The Balaban J connectivity index is 2.10. The van der Waals surface area contributed by atoms with E-state index in [4.69, 9.17) is 10.5 Å². The van der Waals surface area contributed by atoms with Crippen LogP contribution in [-0.2, 0) is 0 Å². The third kappa shape index (κ3) is 2.62. The molecule has 130 valence electrons. The monoisotopic (exact) mass is 337 g/mol. The largest absolute Gasteiger partial charge is 0.476 e. The highest BCUT2D eigenvalue weighted by atomic mass is 16.5. The van der Waals surface area contributed by atoms with Crippen LogP contribution in [0.3, 0.4) is 0 Å². The summed E-state index contributed by atoms with van der Waals surface area (Å²) < 4.78 is 5.90. The number of anilines is 2. The van der Waals surface area contributed by atoms with Crippen LogP contribution in [0.15, 0.2) is 30.5 Å². The van der Waals surface area contributed by atoms with Crippen molar-refractivity contribution < 1.29 is 4.74 Å². The third-order valence-corrected chi connectivity index (χ3v) is 4.78. The molecule has 2 aromatic heterocycles. The molecule has 3 aromatic rings. The number of nitrogens with two attached hydrogens (primary N) is 1. The number of nitrogens with zero attached hydrogens (tertiary/aromatic N) is 3. The molecular weight excluding hydrogens is 314 g/mol. The molecule has 1 unspecified atom stereocenters. The Kier molecular flexibility index (Phi) is 4.05. The van der Waals surface area contributed by atoms with E-state index in [0.717, 1.165) is 47.0 Å². The molecule has 0 saturated carbocycles. The van der Waals surface area contributed by atoms with Crippen LogP contribution >= 0.6 is 0 Å². The summed E-state index contributed by atoms with van der Waals surface area (Å²) in [6.45, 7) is 7.50. The predicted molar refractivity (Wildman–Crippen MR) is 102 cm³/mol. The molecule has 1 fully saturated rings. The van der Waals surface area contributed by atoms with Crippen LogP contribution < -0.4 is 20.7 Å². The molecular formula is C19H23N5O. The Labute approximate surface area is 147 Å². The summed E-state index contributed by atoms with van der Waals surface area (Å²) in [5.41, 5.74) is 8.23. The Bertz CT molecular complexity index is 926. The molecule has 1 aromatic carbocycles. The summed E-state index contributed by atoms with van der Waals surface area (Å²) in [5, 5.41) is 6.48. The maximum Gasteiger partial charge on any atom is 0.240 e. The number of rotatable bonds is 3. The van der Waals surface area contributed by atoms with Gasteiger partial charge in [0.2, 0.25) is 5.88 Å². The van der Waals surface area contributed by atoms with Crippen molar-refractivity contribution in [2.75, 3.05) is 36.9 Å². The number of para-hydroxylation sites is 1. The Morgan fingerprint density at radius 2 is 2.16 bits per heavy atom. The molecule has 1 saturated heterocycles. The summed E-state index contributed by atoms with van der Waals surface area (Å²) in [6, 6.07) is 8.49. The van der Waals surface area contributed by atoms with Gasteiger partial charge in [0.15, 0.2) is 0 Å². The van der Waals surface area contributed by atoms with E-state index in [0.29, 0.717) is 24.3 Å². The van der Waals surface area contributed by atoms with Crippen LogP contribution in [-0.4, -0.2) is 42.3 Å². The van der Waals surface area contributed by atoms with Crippen molar-refractivity contribution in [2.45, 2.75) is 19.9 Å². The van der Waals surface area contributed by atoms with E-state index in [2.05, 4.69) is 33.2 Å². The molecule has 6 heteroatoms. The molecule has 0 bridgehead atoms. The fraction of sp³-hybridized carbons (Fsp3) is 0.368. The predicted octanol–water partition coefficient (Wildman–Crippen LogP) is 2.56. The molecule has 25 heavy (non-hydrogen) atoms. The average Bonchev–Trinajstić information content (AvgIpc) is 2.63.